The maximum atomic E-state index is 13.5. The first-order valence-corrected chi connectivity index (χ1v) is 23.4. The van der Waals surface area contributed by atoms with Crippen molar-refractivity contribution < 1.29 is 18.8 Å². The number of rotatable bonds is 10. The minimum atomic E-state index is -0.662. The predicted octanol–water partition coefficient (Wildman–Crippen LogP) is 8.53. The quantitative estimate of drug-likeness (QED) is 0.189. The van der Waals surface area contributed by atoms with Crippen LogP contribution in [0.2, 0.25) is 0 Å². The summed E-state index contributed by atoms with van der Waals surface area (Å²) in [6.07, 6.45) is 24.4. The third-order valence-electron chi connectivity index (χ3n) is 17.1. The molecule has 1 aliphatic heterocycles. The van der Waals surface area contributed by atoms with Gasteiger partial charge in [0.15, 0.2) is 0 Å². The second-order valence-corrected chi connectivity index (χ2v) is 21.5. The smallest absolute Gasteiger partial charge is 0.315 e. The Morgan fingerprint density at radius 3 is 2.46 bits per heavy atom. The topological polar surface area (TPSA) is 86.8 Å². The van der Waals surface area contributed by atoms with Crippen LogP contribution in [0, 0.1) is 51.2 Å². The number of carbonyl (C=O) groups excluding carboxylic acids is 1. The molecule has 9 unspecified atom stereocenters. The van der Waals surface area contributed by atoms with Crippen molar-refractivity contribution in [1.82, 2.24) is 15.2 Å². The molecule has 0 amide bonds. The summed E-state index contributed by atoms with van der Waals surface area (Å²) < 4.78 is 23.8. The van der Waals surface area contributed by atoms with E-state index in [1.807, 2.05) is 19.1 Å². The SMILES string of the molecule is CCOC(=O)C1(COc2ccncc2)CC=C(C2=CCC3(C)C(CCC4(C)C5CCC6(NCCN7CC[S+]([O-])CC7)CCCC6C5CCC43)C2(C)C)CC1. The number of hydrogen-bond acceptors (Lipinski definition) is 7. The zero-order chi connectivity index (χ0) is 37.8. The third-order valence-corrected chi connectivity index (χ3v) is 18.4. The Balaban J connectivity index is 0.966. The maximum absolute atomic E-state index is 13.5. The van der Waals surface area contributed by atoms with E-state index in [2.05, 4.69) is 55.0 Å². The molecule has 2 heterocycles. The van der Waals surface area contributed by atoms with E-state index in [4.69, 9.17) is 9.47 Å². The van der Waals surface area contributed by atoms with Crippen molar-refractivity contribution >= 4 is 17.1 Å². The first kappa shape index (κ1) is 39.0. The lowest BCUT2D eigenvalue weighted by Gasteiger charge is -2.68. The molecule has 0 spiro atoms. The third kappa shape index (κ3) is 6.73. The van der Waals surface area contributed by atoms with Crippen LogP contribution in [0.5, 0.6) is 5.75 Å². The Labute approximate surface area is 329 Å². The highest BCUT2D eigenvalue weighted by atomic mass is 32.2. The monoisotopic (exact) mass is 760 g/mol. The molecule has 9 atom stereocenters. The van der Waals surface area contributed by atoms with E-state index in [1.54, 1.807) is 18.0 Å². The number of nitrogens with one attached hydrogen (secondary N) is 1. The van der Waals surface area contributed by atoms with Crippen LogP contribution in [0.3, 0.4) is 0 Å². The van der Waals surface area contributed by atoms with Crippen LogP contribution >= 0.6 is 0 Å². The normalized spacial score (nSPS) is 40.7. The molecule has 7 aliphatic rings. The number of nitrogens with zero attached hydrogens (tertiary/aromatic N) is 2. The molecule has 0 radical (unpaired) electrons. The minimum absolute atomic E-state index is 0.0922. The minimum Gasteiger partial charge on any atom is -0.616 e. The molecule has 8 heteroatoms. The van der Waals surface area contributed by atoms with Crippen molar-refractivity contribution in [2.24, 2.45) is 51.2 Å². The lowest BCUT2D eigenvalue weighted by Crippen LogP contribution is -2.64. The summed E-state index contributed by atoms with van der Waals surface area (Å²) in [5.74, 6) is 6.30. The molecule has 298 valence electrons. The second-order valence-electron chi connectivity index (χ2n) is 19.8. The number of allylic oxidation sites excluding steroid dienone is 4. The van der Waals surface area contributed by atoms with Crippen molar-refractivity contribution in [3.8, 4) is 5.75 Å². The average Bonchev–Trinajstić information content (AvgIpc) is 3.60. The summed E-state index contributed by atoms with van der Waals surface area (Å²) in [6.45, 7) is 17.4. The van der Waals surface area contributed by atoms with Gasteiger partial charge in [-0.3, -0.25) is 14.7 Å². The van der Waals surface area contributed by atoms with Gasteiger partial charge in [-0.05, 0) is 153 Å². The molecule has 1 aromatic heterocycles. The number of ether oxygens (including phenoxy) is 2. The van der Waals surface area contributed by atoms with Gasteiger partial charge in [-0.15, -0.1) is 0 Å². The van der Waals surface area contributed by atoms with Gasteiger partial charge in [0.2, 0.25) is 0 Å². The van der Waals surface area contributed by atoms with Gasteiger partial charge in [-0.25, -0.2) is 0 Å². The molecule has 7 nitrogen and oxygen atoms in total. The fourth-order valence-electron chi connectivity index (χ4n) is 14.5. The summed E-state index contributed by atoms with van der Waals surface area (Å²) in [7, 11) is 0. The Morgan fingerprint density at radius 1 is 0.926 bits per heavy atom. The van der Waals surface area contributed by atoms with Crippen molar-refractivity contribution in [3.63, 3.8) is 0 Å². The molecular formula is C46H69N3O4S. The van der Waals surface area contributed by atoms with E-state index in [0.29, 0.717) is 41.9 Å². The Kier molecular flexibility index (Phi) is 10.9. The summed E-state index contributed by atoms with van der Waals surface area (Å²) in [4.78, 5) is 20.1. The van der Waals surface area contributed by atoms with Crippen LogP contribution in [0.25, 0.3) is 0 Å². The highest BCUT2D eigenvalue weighted by molar-refractivity contribution is 7.91. The van der Waals surface area contributed by atoms with Crippen LogP contribution in [0.15, 0.2) is 47.8 Å². The highest BCUT2D eigenvalue weighted by Gasteiger charge is 2.65. The Hall–Kier alpha value is -1.87. The van der Waals surface area contributed by atoms with Crippen molar-refractivity contribution in [3.05, 3.63) is 47.8 Å². The molecule has 0 bridgehead atoms. The largest absolute Gasteiger partial charge is 0.616 e. The zero-order valence-electron chi connectivity index (χ0n) is 34.1. The standard InChI is InChI=1S/C46H69N3O4S/c1-6-52-41(50)45(32-53-34-16-24-47-25-17-34)21-11-33(12-22-45)36-13-19-44(5)39(42(36,2)3)15-20-43(4)37-14-23-46(48-26-27-49-28-30-54(51)31-29-49)18-7-8-38(46)35(37)9-10-40(43)44/h11,13,16-17,24-25,35,37-40,48H,6-10,12,14-15,18-23,26-32H2,1-5H3. The van der Waals surface area contributed by atoms with E-state index < -0.39 is 16.6 Å². The zero-order valence-corrected chi connectivity index (χ0v) is 35.0. The molecule has 5 fully saturated rings. The number of aromatic nitrogens is 1. The predicted molar refractivity (Wildman–Crippen MR) is 217 cm³/mol. The number of esters is 1. The molecule has 6 aliphatic carbocycles. The molecule has 8 rings (SSSR count). The van der Waals surface area contributed by atoms with Crippen LogP contribution < -0.4 is 10.1 Å². The van der Waals surface area contributed by atoms with Crippen LogP contribution in [-0.2, 0) is 20.7 Å². The van der Waals surface area contributed by atoms with Crippen molar-refractivity contribution in [2.45, 2.75) is 124 Å². The van der Waals surface area contributed by atoms with Crippen LogP contribution in [0.4, 0.5) is 0 Å². The molecule has 1 N–H and O–H groups in total. The van der Waals surface area contributed by atoms with E-state index in [-0.39, 0.29) is 11.4 Å². The van der Waals surface area contributed by atoms with Crippen molar-refractivity contribution in [2.75, 3.05) is 50.9 Å². The number of fused-ring (bicyclic) bond motifs is 7. The second kappa shape index (κ2) is 15.1. The molecule has 1 saturated heterocycles. The van der Waals surface area contributed by atoms with E-state index in [0.717, 1.165) is 79.9 Å². The summed E-state index contributed by atoms with van der Waals surface area (Å²) in [5, 5.41) is 4.24. The van der Waals surface area contributed by atoms with Crippen molar-refractivity contribution in [1.29, 1.82) is 0 Å². The summed E-state index contributed by atoms with van der Waals surface area (Å²) in [6, 6.07) is 3.71. The Bertz CT molecular complexity index is 1570. The lowest BCUT2D eigenvalue weighted by atomic mass is 9.37. The van der Waals surface area contributed by atoms with Gasteiger partial charge in [-0.2, -0.15) is 0 Å². The van der Waals surface area contributed by atoms with Gasteiger partial charge in [-0.1, -0.05) is 57.4 Å². The number of hydrogen-bond donors (Lipinski definition) is 1. The Morgan fingerprint density at radius 2 is 1.72 bits per heavy atom. The molecule has 1 aromatic rings. The maximum Gasteiger partial charge on any atom is 0.315 e. The molecular weight excluding hydrogens is 691 g/mol. The summed E-state index contributed by atoms with van der Waals surface area (Å²) >= 11 is -0.600. The molecule has 54 heavy (non-hydrogen) atoms. The van der Waals surface area contributed by atoms with Gasteiger partial charge in [0.05, 0.1) is 6.61 Å². The van der Waals surface area contributed by atoms with E-state index in [1.165, 1.54) is 69.8 Å². The summed E-state index contributed by atoms with van der Waals surface area (Å²) in [5.41, 5.74) is 3.51. The first-order valence-electron chi connectivity index (χ1n) is 21.9. The molecule has 4 saturated carbocycles. The average molecular weight is 760 g/mol. The molecule has 0 aromatic carbocycles. The van der Waals surface area contributed by atoms with Crippen LogP contribution in [-0.4, -0.2) is 76.8 Å². The van der Waals surface area contributed by atoms with Gasteiger partial charge in [0.25, 0.3) is 0 Å². The highest BCUT2D eigenvalue weighted by Crippen LogP contribution is 2.72. The van der Waals surface area contributed by atoms with Gasteiger partial charge in [0, 0.05) is 44.1 Å². The number of pyridine rings is 1. The van der Waals surface area contributed by atoms with E-state index in [9.17, 15) is 9.35 Å². The van der Waals surface area contributed by atoms with E-state index >= 15 is 0 Å². The fourth-order valence-corrected chi connectivity index (χ4v) is 15.6. The van der Waals surface area contributed by atoms with Gasteiger partial charge in [0.1, 0.15) is 29.3 Å². The van der Waals surface area contributed by atoms with Gasteiger partial charge >= 0.3 is 5.97 Å². The fraction of sp³-hybridized carbons (Fsp3) is 0.783. The van der Waals surface area contributed by atoms with Crippen LogP contribution in [0.1, 0.15) is 118 Å². The van der Waals surface area contributed by atoms with Gasteiger partial charge < -0.3 is 19.3 Å². The number of carbonyl (C=O) groups is 1. The first-order chi connectivity index (χ1) is 25.9. The lowest BCUT2D eigenvalue weighted by molar-refractivity contribution is -0.175.